The second-order valence-corrected chi connectivity index (χ2v) is 5.96. The molecule has 0 bridgehead atoms. The summed E-state index contributed by atoms with van der Waals surface area (Å²) in [6, 6.07) is 1.92. The Morgan fingerprint density at radius 2 is 2.00 bits per heavy atom. The van der Waals surface area contributed by atoms with Crippen molar-refractivity contribution in [2.75, 3.05) is 18.0 Å². The number of aryl methyl sites for hydroxylation is 1. The van der Waals surface area contributed by atoms with E-state index in [1.807, 2.05) is 6.07 Å². The van der Waals surface area contributed by atoms with Gasteiger partial charge in [0.25, 0.3) is 0 Å². The Hall–Kier alpha value is -0.830. The van der Waals surface area contributed by atoms with E-state index in [4.69, 9.17) is 11.6 Å². The van der Waals surface area contributed by atoms with Crippen LogP contribution in [-0.2, 0) is 6.42 Å². The topological polar surface area (TPSA) is 29.0 Å². The van der Waals surface area contributed by atoms with E-state index in [1.165, 1.54) is 19.3 Å². The summed E-state index contributed by atoms with van der Waals surface area (Å²) in [6.45, 7) is 4.46. The first-order valence-electron chi connectivity index (χ1n) is 7.04. The first-order valence-corrected chi connectivity index (χ1v) is 7.42. The lowest BCUT2D eigenvalue weighted by atomic mass is 10.0. The summed E-state index contributed by atoms with van der Waals surface area (Å²) in [5, 5.41) is 0.584. The number of anilines is 1. The van der Waals surface area contributed by atoms with Crippen LogP contribution in [-0.4, -0.2) is 23.1 Å². The summed E-state index contributed by atoms with van der Waals surface area (Å²) < 4.78 is 0. The van der Waals surface area contributed by atoms with Crippen LogP contribution in [0.1, 0.15) is 38.4 Å². The fourth-order valence-electron chi connectivity index (χ4n) is 3.37. The van der Waals surface area contributed by atoms with Crippen molar-refractivity contribution in [1.29, 1.82) is 0 Å². The van der Waals surface area contributed by atoms with Crippen molar-refractivity contribution in [3.05, 3.63) is 17.0 Å². The molecule has 1 saturated heterocycles. The first-order chi connectivity index (χ1) is 8.76. The van der Waals surface area contributed by atoms with Gasteiger partial charge in [-0.2, -0.15) is 0 Å². The van der Waals surface area contributed by atoms with Crippen LogP contribution in [0.3, 0.4) is 0 Å². The van der Waals surface area contributed by atoms with Crippen LogP contribution >= 0.6 is 11.6 Å². The molecule has 2 heterocycles. The Labute approximate surface area is 114 Å². The third-order valence-corrected chi connectivity index (χ3v) is 4.45. The minimum absolute atomic E-state index is 0.584. The van der Waals surface area contributed by atoms with Crippen LogP contribution in [0.4, 0.5) is 5.82 Å². The molecule has 18 heavy (non-hydrogen) atoms. The van der Waals surface area contributed by atoms with Crippen molar-refractivity contribution in [2.24, 2.45) is 11.8 Å². The molecule has 2 atom stereocenters. The van der Waals surface area contributed by atoms with Crippen molar-refractivity contribution in [3.63, 3.8) is 0 Å². The molecule has 2 aliphatic rings. The third-order valence-electron chi connectivity index (χ3n) is 4.25. The zero-order valence-corrected chi connectivity index (χ0v) is 11.7. The van der Waals surface area contributed by atoms with Crippen LogP contribution in [0.25, 0.3) is 0 Å². The summed E-state index contributed by atoms with van der Waals surface area (Å²) in [6.07, 6.45) is 6.16. The Balaban J connectivity index is 1.79. The number of fused-ring (bicyclic) bond motifs is 1. The number of hydrogen-bond acceptors (Lipinski definition) is 3. The summed E-state index contributed by atoms with van der Waals surface area (Å²) in [5.74, 6) is 3.69. The molecular weight excluding hydrogens is 246 g/mol. The SMILES string of the molecule is CCCc1nc(Cl)cc(N2CC3CCCC3C2)n1. The van der Waals surface area contributed by atoms with E-state index in [1.54, 1.807) is 0 Å². The van der Waals surface area contributed by atoms with E-state index < -0.39 is 0 Å². The molecular formula is C14H20ClN3. The summed E-state index contributed by atoms with van der Waals surface area (Å²) in [4.78, 5) is 11.4. The van der Waals surface area contributed by atoms with Gasteiger partial charge in [0, 0.05) is 25.6 Å². The fourth-order valence-corrected chi connectivity index (χ4v) is 3.57. The maximum atomic E-state index is 6.11. The minimum Gasteiger partial charge on any atom is -0.356 e. The monoisotopic (exact) mass is 265 g/mol. The largest absolute Gasteiger partial charge is 0.356 e. The molecule has 3 nitrogen and oxygen atoms in total. The maximum Gasteiger partial charge on any atom is 0.134 e. The first kappa shape index (κ1) is 12.2. The van der Waals surface area contributed by atoms with E-state index in [-0.39, 0.29) is 0 Å². The van der Waals surface area contributed by atoms with Gasteiger partial charge in [-0.25, -0.2) is 9.97 Å². The van der Waals surface area contributed by atoms with Crippen LogP contribution in [0.2, 0.25) is 5.15 Å². The van der Waals surface area contributed by atoms with E-state index in [2.05, 4.69) is 21.8 Å². The van der Waals surface area contributed by atoms with E-state index in [9.17, 15) is 0 Å². The summed E-state index contributed by atoms with van der Waals surface area (Å²) in [5.41, 5.74) is 0. The predicted molar refractivity (Wildman–Crippen MR) is 74.1 cm³/mol. The molecule has 3 rings (SSSR count). The Bertz CT molecular complexity index is 423. The fraction of sp³-hybridized carbons (Fsp3) is 0.714. The second kappa shape index (κ2) is 5.04. The quantitative estimate of drug-likeness (QED) is 0.785. The molecule has 1 aromatic heterocycles. The predicted octanol–water partition coefficient (Wildman–Crippen LogP) is 3.32. The van der Waals surface area contributed by atoms with Crippen LogP contribution < -0.4 is 4.90 Å². The van der Waals surface area contributed by atoms with Crippen LogP contribution in [0, 0.1) is 11.8 Å². The number of hydrogen-bond donors (Lipinski definition) is 0. The van der Waals surface area contributed by atoms with Gasteiger partial charge in [-0.1, -0.05) is 24.9 Å². The lowest BCUT2D eigenvalue weighted by Gasteiger charge is -2.19. The molecule has 1 saturated carbocycles. The van der Waals surface area contributed by atoms with Gasteiger partial charge in [0.05, 0.1) is 0 Å². The van der Waals surface area contributed by atoms with Crippen molar-refractivity contribution >= 4 is 17.4 Å². The maximum absolute atomic E-state index is 6.11. The van der Waals surface area contributed by atoms with E-state index in [0.717, 1.165) is 49.4 Å². The molecule has 0 spiro atoms. The molecule has 1 aliphatic carbocycles. The molecule has 98 valence electrons. The molecule has 0 radical (unpaired) electrons. The van der Waals surface area contributed by atoms with Gasteiger partial charge in [-0.3, -0.25) is 0 Å². The molecule has 2 fully saturated rings. The Morgan fingerprint density at radius 3 is 2.67 bits per heavy atom. The van der Waals surface area contributed by atoms with E-state index in [0.29, 0.717) is 5.15 Å². The highest BCUT2D eigenvalue weighted by Crippen LogP contribution is 2.39. The highest BCUT2D eigenvalue weighted by Gasteiger charge is 2.36. The Kier molecular flexibility index (Phi) is 3.42. The average molecular weight is 266 g/mol. The number of halogens is 1. The molecule has 0 aromatic carbocycles. The van der Waals surface area contributed by atoms with Gasteiger partial charge < -0.3 is 4.90 Å². The summed E-state index contributed by atoms with van der Waals surface area (Å²) in [7, 11) is 0. The smallest absolute Gasteiger partial charge is 0.134 e. The van der Waals surface area contributed by atoms with Gasteiger partial charge >= 0.3 is 0 Å². The number of nitrogens with zero attached hydrogens (tertiary/aromatic N) is 3. The standard InChI is InChI=1S/C14H20ClN3/c1-2-4-13-16-12(15)7-14(17-13)18-8-10-5-3-6-11(10)9-18/h7,10-11H,2-6,8-9H2,1H3. The van der Waals surface area contributed by atoms with Gasteiger partial charge in [0.1, 0.15) is 16.8 Å². The summed E-state index contributed by atoms with van der Waals surface area (Å²) >= 11 is 6.11. The van der Waals surface area contributed by atoms with Gasteiger partial charge in [-0.05, 0) is 31.1 Å². The molecule has 1 aliphatic heterocycles. The van der Waals surface area contributed by atoms with Crippen LogP contribution in [0.5, 0.6) is 0 Å². The van der Waals surface area contributed by atoms with Crippen molar-refractivity contribution in [1.82, 2.24) is 9.97 Å². The van der Waals surface area contributed by atoms with Gasteiger partial charge in [0.2, 0.25) is 0 Å². The highest BCUT2D eigenvalue weighted by molar-refractivity contribution is 6.29. The Morgan fingerprint density at radius 1 is 1.28 bits per heavy atom. The van der Waals surface area contributed by atoms with Crippen molar-refractivity contribution in [3.8, 4) is 0 Å². The number of aromatic nitrogens is 2. The zero-order chi connectivity index (χ0) is 12.5. The zero-order valence-electron chi connectivity index (χ0n) is 10.9. The van der Waals surface area contributed by atoms with E-state index >= 15 is 0 Å². The molecule has 0 N–H and O–H groups in total. The molecule has 2 unspecified atom stereocenters. The van der Waals surface area contributed by atoms with Crippen molar-refractivity contribution < 1.29 is 0 Å². The number of rotatable bonds is 3. The van der Waals surface area contributed by atoms with Crippen LogP contribution in [0.15, 0.2) is 6.07 Å². The van der Waals surface area contributed by atoms with Gasteiger partial charge in [-0.15, -0.1) is 0 Å². The lowest BCUT2D eigenvalue weighted by Crippen LogP contribution is -2.22. The molecule has 1 aromatic rings. The molecule has 0 amide bonds. The highest BCUT2D eigenvalue weighted by atomic mass is 35.5. The normalized spacial score (nSPS) is 26.7. The minimum atomic E-state index is 0.584. The third kappa shape index (κ3) is 2.33. The second-order valence-electron chi connectivity index (χ2n) is 5.57. The average Bonchev–Trinajstić information content (AvgIpc) is 2.88. The van der Waals surface area contributed by atoms with Crippen molar-refractivity contribution in [2.45, 2.75) is 39.0 Å². The van der Waals surface area contributed by atoms with Gasteiger partial charge in [0.15, 0.2) is 0 Å². The lowest BCUT2D eigenvalue weighted by molar-refractivity contribution is 0.494. The molecule has 4 heteroatoms.